The predicted molar refractivity (Wildman–Crippen MR) is 76.2 cm³/mol. The Labute approximate surface area is 118 Å². The zero-order chi connectivity index (χ0) is 14.0. The second-order valence-corrected chi connectivity index (χ2v) is 8.16. The number of ether oxygens (including phenoxy) is 1. The third-order valence-electron chi connectivity index (χ3n) is 3.25. The van der Waals surface area contributed by atoms with Gasteiger partial charge < -0.3 is 9.64 Å². The summed E-state index contributed by atoms with van der Waals surface area (Å²) in [7, 11) is -1.40. The molecule has 5 nitrogen and oxygen atoms in total. The molecule has 1 aromatic rings. The first-order valence-corrected chi connectivity index (χ1v) is 8.55. The molecule has 1 unspecified atom stereocenters. The smallest absolute Gasteiger partial charge is 0.250 e. The zero-order valence-corrected chi connectivity index (χ0v) is 13.1. The molecule has 1 atom stereocenters. The van der Waals surface area contributed by atoms with Crippen LogP contribution in [-0.4, -0.2) is 52.7 Å². The van der Waals surface area contributed by atoms with E-state index in [1.54, 1.807) is 6.07 Å². The molecule has 1 aliphatic heterocycles. The quantitative estimate of drug-likeness (QED) is 0.901. The van der Waals surface area contributed by atoms with E-state index >= 15 is 0 Å². The molecule has 19 heavy (non-hydrogen) atoms. The van der Waals surface area contributed by atoms with Crippen LogP contribution in [-0.2, 0) is 14.8 Å². The van der Waals surface area contributed by atoms with E-state index in [-0.39, 0.29) is 6.10 Å². The molecular weight excluding hydrogens is 284 g/mol. The van der Waals surface area contributed by atoms with Gasteiger partial charge in [0.2, 0.25) is 10.0 Å². The lowest BCUT2D eigenvalue weighted by atomic mass is 10.3. The number of hydrogen-bond donors (Lipinski definition) is 1. The summed E-state index contributed by atoms with van der Waals surface area (Å²) in [6.07, 6.45) is -0.0734. The third-order valence-corrected chi connectivity index (χ3v) is 6.30. The number of nitrogens with zero attached hydrogens (tertiary/aromatic N) is 1. The van der Waals surface area contributed by atoms with Crippen molar-refractivity contribution in [2.75, 3.05) is 33.3 Å². The highest BCUT2D eigenvalue weighted by molar-refractivity contribution is 7.91. The summed E-state index contributed by atoms with van der Waals surface area (Å²) in [5.74, 6) is 0. The van der Waals surface area contributed by atoms with Crippen LogP contribution in [0.1, 0.15) is 10.4 Å². The van der Waals surface area contributed by atoms with E-state index in [0.29, 0.717) is 17.4 Å². The fraction of sp³-hybridized carbons (Fsp3) is 0.667. The SMILES string of the molecule is Cc1cc(S(=O)(=O)NCC2CN(C)CCO2)sc1C. The highest BCUT2D eigenvalue weighted by Gasteiger charge is 2.22. The molecular formula is C12H20N2O3S2. The van der Waals surface area contributed by atoms with Gasteiger partial charge in [0.25, 0.3) is 0 Å². The summed E-state index contributed by atoms with van der Waals surface area (Å²) < 4.78 is 32.9. The van der Waals surface area contributed by atoms with Crippen molar-refractivity contribution >= 4 is 21.4 Å². The molecule has 1 aliphatic rings. The summed E-state index contributed by atoms with van der Waals surface area (Å²) in [5.41, 5.74) is 1.01. The largest absolute Gasteiger partial charge is 0.374 e. The van der Waals surface area contributed by atoms with Gasteiger partial charge in [-0.2, -0.15) is 0 Å². The van der Waals surface area contributed by atoms with Gasteiger partial charge in [-0.05, 0) is 32.5 Å². The van der Waals surface area contributed by atoms with E-state index in [0.717, 1.165) is 23.5 Å². The molecule has 2 rings (SSSR count). The number of morpholine rings is 1. The van der Waals surface area contributed by atoms with Gasteiger partial charge in [0, 0.05) is 24.5 Å². The maximum absolute atomic E-state index is 12.2. The van der Waals surface area contributed by atoms with Crippen molar-refractivity contribution in [3.05, 3.63) is 16.5 Å². The Hall–Kier alpha value is -0.470. The maximum Gasteiger partial charge on any atom is 0.250 e. The Bertz CT molecular complexity index is 520. The van der Waals surface area contributed by atoms with Gasteiger partial charge in [-0.3, -0.25) is 0 Å². The van der Waals surface area contributed by atoms with Gasteiger partial charge in [-0.25, -0.2) is 13.1 Å². The molecule has 0 aromatic carbocycles. The normalized spacial score (nSPS) is 21.7. The van der Waals surface area contributed by atoms with Crippen LogP contribution in [0.2, 0.25) is 0 Å². The molecule has 7 heteroatoms. The van der Waals surface area contributed by atoms with Crippen LogP contribution in [0.5, 0.6) is 0 Å². The number of hydrogen-bond acceptors (Lipinski definition) is 5. The van der Waals surface area contributed by atoms with Crippen LogP contribution in [0.15, 0.2) is 10.3 Å². The lowest BCUT2D eigenvalue weighted by Gasteiger charge is -2.29. The summed E-state index contributed by atoms with van der Waals surface area (Å²) in [5, 5.41) is 0. The molecule has 0 aliphatic carbocycles. The van der Waals surface area contributed by atoms with E-state index in [4.69, 9.17) is 4.74 Å². The zero-order valence-electron chi connectivity index (χ0n) is 11.5. The maximum atomic E-state index is 12.2. The molecule has 0 amide bonds. The van der Waals surface area contributed by atoms with E-state index in [1.165, 1.54) is 11.3 Å². The molecule has 1 saturated heterocycles. The van der Waals surface area contributed by atoms with Gasteiger partial charge in [0.1, 0.15) is 4.21 Å². The van der Waals surface area contributed by atoms with Crippen molar-refractivity contribution in [3.8, 4) is 0 Å². The van der Waals surface area contributed by atoms with Gasteiger partial charge in [-0.15, -0.1) is 11.3 Å². The Kier molecular flexibility index (Phi) is 4.62. The highest BCUT2D eigenvalue weighted by atomic mass is 32.2. The summed E-state index contributed by atoms with van der Waals surface area (Å²) >= 11 is 1.31. The standard InChI is InChI=1S/C12H20N2O3S2/c1-9-6-12(18-10(9)2)19(15,16)13-7-11-8-14(3)4-5-17-11/h6,11,13H,4-5,7-8H2,1-3H3. The lowest BCUT2D eigenvalue weighted by molar-refractivity contribution is -0.0156. The van der Waals surface area contributed by atoms with Crippen molar-refractivity contribution in [3.63, 3.8) is 0 Å². The van der Waals surface area contributed by atoms with Crippen LogP contribution in [0.4, 0.5) is 0 Å². The fourth-order valence-electron chi connectivity index (χ4n) is 1.94. The third kappa shape index (κ3) is 3.76. The lowest BCUT2D eigenvalue weighted by Crippen LogP contribution is -2.45. The van der Waals surface area contributed by atoms with Crippen molar-refractivity contribution in [1.29, 1.82) is 0 Å². The second kappa shape index (κ2) is 5.88. The molecule has 0 bridgehead atoms. The topological polar surface area (TPSA) is 58.6 Å². The van der Waals surface area contributed by atoms with Crippen LogP contribution in [0, 0.1) is 13.8 Å². The molecule has 0 radical (unpaired) electrons. The summed E-state index contributed by atoms with van der Waals surface area (Å²) in [6, 6.07) is 1.72. The molecule has 0 spiro atoms. The Morgan fingerprint density at radius 1 is 1.53 bits per heavy atom. The minimum absolute atomic E-state index is 0.0734. The monoisotopic (exact) mass is 304 g/mol. The van der Waals surface area contributed by atoms with E-state index in [1.807, 2.05) is 20.9 Å². The Morgan fingerprint density at radius 2 is 2.26 bits per heavy atom. The summed E-state index contributed by atoms with van der Waals surface area (Å²) in [6.45, 7) is 6.47. The average Bonchev–Trinajstić information content (AvgIpc) is 2.68. The van der Waals surface area contributed by atoms with Crippen LogP contribution >= 0.6 is 11.3 Å². The molecule has 1 aromatic heterocycles. The molecule has 108 valence electrons. The van der Waals surface area contributed by atoms with Gasteiger partial charge in [0.15, 0.2) is 0 Å². The Balaban J connectivity index is 1.98. The minimum atomic E-state index is -3.41. The van der Waals surface area contributed by atoms with Crippen molar-refractivity contribution in [1.82, 2.24) is 9.62 Å². The highest BCUT2D eigenvalue weighted by Crippen LogP contribution is 2.24. The Morgan fingerprint density at radius 3 is 2.84 bits per heavy atom. The van der Waals surface area contributed by atoms with Crippen LogP contribution < -0.4 is 4.72 Å². The second-order valence-electron chi connectivity index (χ2n) is 4.91. The molecule has 1 N–H and O–H groups in total. The molecule has 2 heterocycles. The van der Waals surface area contributed by atoms with E-state index in [2.05, 4.69) is 9.62 Å². The van der Waals surface area contributed by atoms with Crippen molar-refractivity contribution in [2.45, 2.75) is 24.2 Å². The van der Waals surface area contributed by atoms with Crippen LogP contribution in [0.25, 0.3) is 0 Å². The number of sulfonamides is 1. The average molecular weight is 304 g/mol. The van der Waals surface area contributed by atoms with Gasteiger partial charge >= 0.3 is 0 Å². The number of aryl methyl sites for hydroxylation is 2. The first kappa shape index (κ1) is 14.9. The van der Waals surface area contributed by atoms with Crippen molar-refractivity contribution in [2.24, 2.45) is 0 Å². The number of likely N-dealkylation sites (N-methyl/N-ethyl adjacent to an activating group) is 1. The first-order valence-electron chi connectivity index (χ1n) is 6.25. The van der Waals surface area contributed by atoms with Crippen LogP contribution in [0.3, 0.4) is 0 Å². The minimum Gasteiger partial charge on any atom is -0.374 e. The summed E-state index contributed by atoms with van der Waals surface area (Å²) in [4.78, 5) is 3.18. The number of rotatable bonds is 4. The molecule has 0 saturated carbocycles. The van der Waals surface area contributed by atoms with Crippen molar-refractivity contribution < 1.29 is 13.2 Å². The van der Waals surface area contributed by atoms with Gasteiger partial charge in [0.05, 0.1) is 12.7 Å². The van der Waals surface area contributed by atoms with Gasteiger partial charge in [-0.1, -0.05) is 0 Å². The molecule has 1 fully saturated rings. The number of nitrogens with one attached hydrogen (secondary N) is 1. The fourth-order valence-corrected chi connectivity index (χ4v) is 4.56. The predicted octanol–water partition coefficient (Wildman–Crippen LogP) is 0.974. The first-order chi connectivity index (χ1) is 8.88. The van der Waals surface area contributed by atoms with E-state index in [9.17, 15) is 8.42 Å². The number of thiophene rings is 1. The van der Waals surface area contributed by atoms with E-state index < -0.39 is 10.0 Å².